The molecule has 11 heteroatoms. The van der Waals surface area contributed by atoms with Crippen molar-refractivity contribution in [3.63, 3.8) is 0 Å². The van der Waals surface area contributed by atoms with Crippen molar-refractivity contribution in [2.24, 2.45) is 0 Å². The number of esters is 1. The molecule has 1 amide bonds. The number of ether oxygens (including phenoxy) is 3. The molecule has 0 aromatic rings. The van der Waals surface area contributed by atoms with Crippen LogP contribution in [0.5, 0.6) is 0 Å². The number of nitrogens with one attached hydrogen (secondary N) is 1. The van der Waals surface area contributed by atoms with Crippen molar-refractivity contribution in [1.82, 2.24) is 5.32 Å². The van der Waals surface area contributed by atoms with Gasteiger partial charge in [-0.1, -0.05) is 259 Å². The lowest BCUT2D eigenvalue weighted by Gasteiger charge is -2.41. The standard InChI is InChI=1S/C72H123NO10/c1-4-7-10-13-16-19-22-24-26-28-30-32-33-34-36-38-40-42-45-48-51-54-57-60-67(77)83-70-69(79)68(78)66(61-74)82-72(70)81-62-63(64(75)58-55-52-49-46-43-21-18-15-12-9-6-3)73-71(80)65(76)59-56-53-50-47-44-41-39-37-35-31-29-27-25-23-20-17-14-11-8-5-2/h16-17,19-20,24-27,30-32,34-36,39,41,55,58,63-66,68-70,72,74-76,78-79H,4-15,18,21-23,28-29,33,37-38,40,42-54,56-57,59-62H2,1-3H3,(H,73,80)/b19-16-,20-17-,26-24-,27-25-,32-30-,35-31-,36-34-,41-39-,58-55+. The Bertz CT molecular complexity index is 1770. The lowest BCUT2D eigenvalue weighted by atomic mass is 9.99. The molecule has 1 heterocycles. The molecule has 1 aliphatic rings. The van der Waals surface area contributed by atoms with E-state index in [4.69, 9.17) is 14.2 Å². The van der Waals surface area contributed by atoms with Crippen LogP contribution in [0.25, 0.3) is 0 Å². The van der Waals surface area contributed by atoms with Crippen LogP contribution in [-0.2, 0) is 23.8 Å². The van der Waals surface area contributed by atoms with Crippen LogP contribution in [0, 0.1) is 0 Å². The van der Waals surface area contributed by atoms with Crippen molar-refractivity contribution in [1.29, 1.82) is 0 Å². The topological polar surface area (TPSA) is 175 Å². The van der Waals surface area contributed by atoms with E-state index in [-0.39, 0.29) is 19.4 Å². The number of aliphatic hydroxyl groups excluding tert-OH is 5. The molecule has 476 valence electrons. The zero-order valence-electron chi connectivity index (χ0n) is 52.8. The summed E-state index contributed by atoms with van der Waals surface area (Å²) < 4.78 is 17.6. The zero-order valence-corrected chi connectivity index (χ0v) is 52.8. The third-order valence-electron chi connectivity index (χ3n) is 15.1. The molecular formula is C72H123NO10. The third-order valence-corrected chi connectivity index (χ3v) is 15.1. The van der Waals surface area contributed by atoms with Crippen molar-refractivity contribution >= 4 is 11.9 Å². The molecule has 1 aliphatic heterocycles. The SMILES string of the molecule is CCCCC/C=C\C/C=C\C/C=C\C/C=C\CCCCCCCCCC(=O)OC1C(OCC(NC(=O)C(O)CCCCCC/C=C\C/C=C\C/C=C\C/C=C\CCCCC)C(O)/C=C/CCCCCCCCCCC)OC(CO)C(O)C1O. The number of aliphatic hydroxyl groups is 5. The molecule has 0 bridgehead atoms. The van der Waals surface area contributed by atoms with E-state index in [2.05, 4.69) is 123 Å². The number of carbonyl (C=O) groups is 2. The summed E-state index contributed by atoms with van der Waals surface area (Å²) >= 11 is 0. The van der Waals surface area contributed by atoms with Crippen molar-refractivity contribution in [3.05, 3.63) is 109 Å². The van der Waals surface area contributed by atoms with Gasteiger partial charge in [0.15, 0.2) is 12.4 Å². The van der Waals surface area contributed by atoms with Gasteiger partial charge in [0.05, 0.1) is 25.4 Å². The summed E-state index contributed by atoms with van der Waals surface area (Å²) in [6.45, 7) is 5.71. The fourth-order valence-electron chi connectivity index (χ4n) is 9.79. The average molecular weight is 1160 g/mol. The van der Waals surface area contributed by atoms with Crippen LogP contribution in [0.2, 0.25) is 0 Å². The van der Waals surface area contributed by atoms with Crippen LogP contribution in [0.15, 0.2) is 109 Å². The van der Waals surface area contributed by atoms with Crippen molar-refractivity contribution in [2.75, 3.05) is 13.2 Å². The Morgan fingerprint density at radius 2 is 0.831 bits per heavy atom. The normalized spacial score (nSPS) is 19.3. The van der Waals surface area contributed by atoms with E-state index in [0.29, 0.717) is 12.8 Å². The first-order valence-corrected chi connectivity index (χ1v) is 33.7. The minimum Gasteiger partial charge on any atom is -0.454 e. The predicted octanol–water partition coefficient (Wildman–Crippen LogP) is 16.8. The van der Waals surface area contributed by atoms with Gasteiger partial charge >= 0.3 is 5.97 Å². The number of amides is 1. The summed E-state index contributed by atoms with van der Waals surface area (Å²) in [7, 11) is 0. The monoisotopic (exact) mass is 1160 g/mol. The third kappa shape index (κ3) is 46.2. The molecule has 0 saturated carbocycles. The van der Waals surface area contributed by atoms with Crippen LogP contribution >= 0.6 is 0 Å². The van der Waals surface area contributed by atoms with Gasteiger partial charge in [0.25, 0.3) is 0 Å². The Labute approximate surface area is 507 Å². The van der Waals surface area contributed by atoms with Crippen LogP contribution in [-0.4, -0.2) is 99.6 Å². The molecule has 1 saturated heterocycles. The predicted molar refractivity (Wildman–Crippen MR) is 347 cm³/mol. The van der Waals surface area contributed by atoms with E-state index in [0.717, 1.165) is 135 Å². The van der Waals surface area contributed by atoms with Gasteiger partial charge in [0, 0.05) is 6.42 Å². The Balaban J connectivity index is 2.64. The number of hydrogen-bond acceptors (Lipinski definition) is 10. The van der Waals surface area contributed by atoms with E-state index in [9.17, 15) is 35.1 Å². The highest BCUT2D eigenvalue weighted by molar-refractivity contribution is 5.80. The van der Waals surface area contributed by atoms with Crippen molar-refractivity contribution in [3.8, 4) is 0 Å². The Morgan fingerprint density at radius 3 is 1.27 bits per heavy atom. The first kappa shape index (κ1) is 77.3. The molecule has 1 fully saturated rings. The molecule has 83 heavy (non-hydrogen) atoms. The van der Waals surface area contributed by atoms with Crippen molar-refractivity contribution < 1.29 is 49.3 Å². The van der Waals surface area contributed by atoms with Gasteiger partial charge in [-0.05, 0) is 116 Å². The Hall–Kier alpha value is -3.68. The highest BCUT2D eigenvalue weighted by Gasteiger charge is 2.47. The number of rotatable bonds is 56. The van der Waals surface area contributed by atoms with Gasteiger partial charge in [-0.25, -0.2) is 0 Å². The minimum atomic E-state index is -1.63. The van der Waals surface area contributed by atoms with Crippen molar-refractivity contribution in [2.45, 2.75) is 320 Å². The second-order valence-electron chi connectivity index (χ2n) is 22.8. The second-order valence-corrected chi connectivity index (χ2v) is 22.8. The number of hydrogen-bond donors (Lipinski definition) is 6. The van der Waals surface area contributed by atoms with Crippen LogP contribution < -0.4 is 5.32 Å². The summed E-state index contributed by atoms with van der Waals surface area (Å²) in [6, 6.07) is -1.04. The fraction of sp³-hybridized carbons (Fsp3) is 0.722. The van der Waals surface area contributed by atoms with Gasteiger partial charge in [0.1, 0.15) is 24.4 Å². The van der Waals surface area contributed by atoms with Gasteiger partial charge in [-0.2, -0.15) is 0 Å². The highest BCUT2D eigenvalue weighted by Crippen LogP contribution is 2.26. The Kier molecular flexibility index (Phi) is 54.7. The molecule has 8 unspecified atom stereocenters. The van der Waals surface area contributed by atoms with Crippen LogP contribution in [0.4, 0.5) is 0 Å². The molecule has 8 atom stereocenters. The molecule has 0 spiro atoms. The van der Waals surface area contributed by atoms with Crippen LogP contribution in [0.3, 0.4) is 0 Å². The fourth-order valence-corrected chi connectivity index (χ4v) is 9.79. The minimum absolute atomic E-state index is 0.103. The summed E-state index contributed by atoms with van der Waals surface area (Å²) in [5.41, 5.74) is 0. The first-order chi connectivity index (χ1) is 40.7. The maximum Gasteiger partial charge on any atom is 0.306 e. The summed E-state index contributed by atoms with van der Waals surface area (Å²) in [4.78, 5) is 26.6. The molecule has 0 aromatic heterocycles. The van der Waals surface area contributed by atoms with E-state index >= 15 is 0 Å². The number of unbranched alkanes of at least 4 members (excludes halogenated alkanes) is 26. The lowest BCUT2D eigenvalue weighted by Crippen LogP contribution is -2.61. The number of carbonyl (C=O) groups excluding carboxylic acids is 2. The molecular weight excluding hydrogens is 1040 g/mol. The van der Waals surface area contributed by atoms with Gasteiger partial charge in [-0.3, -0.25) is 9.59 Å². The second kappa shape index (κ2) is 58.7. The average Bonchev–Trinajstić information content (AvgIpc) is 3.68. The highest BCUT2D eigenvalue weighted by atomic mass is 16.7. The van der Waals surface area contributed by atoms with Gasteiger partial charge in [0.2, 0.25) is 5.91 Å². The molecule has 1 rings (SSSR count). The van der Waals surface area contributed by atoms with E-state index in [1.807, 2.05) is 6.08 Å². The van der Waals surface area contributed by atoms with Gasteiger partial charge < -0.3 is 45.1 Å². The smallest absolute Gasteiger partial charge is 0.306 e. The zero-order chi connectivity index (χ0) is 60.3. The molecule has 0 aromatic carbocycles. The largest absolute Gasteiger partial charge is 0.454 e. The van der Waals surface area contributed by atoms with E-state index < -0.39 is 67.4 Å². The summed E-state index contributed by atoms with van der Waals surface area (Å²) in [6.07, 6.45) is 69.7. The van der Waals surface area contributed by atoms with E-state index in [1.165, 1.54) is 89.9 Å². The molecule has 6 N–H and O–H groups in total. The van der Waals surface area contributed by atoms with E-state index in [1.54, 1.807) is 6.08 Å². The Morgan fingerprint density at radius 1 is 0.470 bits per heavy atom. The summed E-state index contributed by atoms with van der Waals surface area (Å²) in [5.74, 6) is -1.23. The first-order valence-electron chi connectivity index (χ1n) is 33.7. The lowest BCUT2D eigenvalue weighted by molar-refractivity contribution is -0.305. The number of allylic oxidation sites excluding steroid dienone is 17. The summed E-state index contributed by atoms with van der Waals surface area (Å²) in [5, 5.41) is 57.1. The maximum atomic E-state index is 13.4. The molecule has 0 aliphatic carbocycles. The molecule has 0 radical (unpaired) electrons. The maximum absolute atomic E-state index is 13.4. The molecule has 11 nitrogen and oxygen atoms in total. The van der Waals surface area contributed by atoms with Gasteiger partial charge in [-0.15, -0.1) is 0 Å². The van der Waals surface area contributed by atoms with Crippen LogP contribution in [0.1, 0.15) is 271 Å². The quantitative estimate of drug-likeness (QED) is 0.0195.